The third kappa shape index (κ3) is 5.56. The maximum Gasteiger partial charge on any atom is 0.329 e. The van der Waals surface area contributed by atoms with Gasteiger partial charge in [0.15, 0.2) is 9.84 Å². The number of ether oxygens (including phenoxy) is 2. The van der Waals surface area contributed by atoms with Gasteiger partial charge < -0.3 is 14.8 Å². The smallest absolute Gasteiger partial charge is 0.329 e. The van der Waals surface area contributed by atoms with Crippen LogP contribution in [0.2, 0.25) is 0 Å². The van der Waals surface area contributed by atoms with Gasteiger partial charge >= 0.3 is 5.97 Å². The fourth-order valence-corrected chi connectivity index (χ4v) is 3.63. The van der Waals surface area contributed by atoms with Gasteiger partial charge in [-0.25, -0.2) is 13.2 Å². The van der Waals surface area contributed by atoms with Crippen LogP contribution in [0.3, 0.4) is 0 Å². The molecule has 1 heterocycles. The van der Waals surface area contributed by atoms with E-state index in [-0.39, 0.29) is 11.9 Å². The topological polar surface area (TPSA) is 98.8 Å². The number of esters is 1. The van der Waals surface area contributed by atoms with Crippen molar-refractivity contribution < 1.29 is 27.5 Å². The number of nitrogens with one attached hydrogen (secondary N) is 1. The second kappa shape index (κ2) is 6.85. The second-order valence-electron chi connectivity index (χ2n) is 4.49. The number of methoxy groups -OCH3 is 1. The zero-order chi connectivity index (χ0) is 14.5. The Morgan fingerprint density at radius 2 is 2.16 bits per heavy atom. The molecule has 0 radical (unpaired) electrons. The Labute approximate surface area is 112 Å². The summed E-state index contributed by atoms with van der Waals surface area (Å²) in [5.74, 6) is -1.87. The molecule has 1 aliphatic rings. The first-order valence-corrected chi connectivity index (χ1v) is 7.83. The molecule has 1 fully saturated rings. The SMILES string of the molecule is COC(=O)C(CS(=O)(=O)CC1CCCO1)NC(C)=O. The standard InChI is InChI=1S/C11H19NO6S/c1-8(13)12-10(11(14)17-2)7-19(15,16)6-9-4-3-5-18-9/h9-10H,3-7H2,1-2H3,(H,12,13). The summed E-state index contributed by atoms with van der Waals surface area (Å²) in [6, 6.07) is -1.17. The quantitative estimate of drug-likeness (QED) is 0.647. The highest BCUT2D eigenvalue weighted by molar-refractivity contribution is 7.91. The van der Waals surface area contributed by atoms with E-state index in [4.69, 9.17) is 4.74 Å². The monoisotopic (exact) mass is 293 g/mol. The molecule has 1 N–H and O–H groups in total. The number of rotatable bonds is 6. The number of carbonyl (C=O) groups is 2. The van der Waals surface area contributed by atoms with Gasteiger partial charge in [-0.3, -0.25) is 4.79 Å². The molecule has 0 aromatic rings. The molecule has 1 aliphatic heterocycles. The van der Waals surface area contributed by atoms with Crippen LogP contribution in [-0.2, 0) is 28.9 Å². The number of sulfone groups is 1. The fraction of sp³-hybridized carbons (Fsp3) is 0.818. The minimum Gasteiger partial charge on any atom is -0.467 e. The Kier molecular flexibility index (Phi) is 5.74. The molecule has 8 heteroatoms. The molecule has 1 saturated heterocycles. The molecule has 0 aliphatic carbocycles. The maximum absolute atomic E-state index is 12.0. The highest BCUT2D eigenvalue weighted by Crippen LogP contribution is 2.14. The molecular weight excluding hydrogens is 274 g/mol. The van der Waals surface area contributed by atoms with Gasteiger partial charge in [0.25, 0.3) is 0 Å². The van der Waals surface area contributed by atoms with Crippen molar-refractivity contribution in [2.75, 3.05) is 25.2 Å². The van der Waals surface area contributed by atoms with Crippen LogP contribution in [0, 0.1) is 0 Å². The van der Waals surface area contributed by atoms with Gasteiger partial charge in [0.2, 0.25) is 5.91 Å². The maximum atomic E-state index is 12.0. The van der Waals surface area contributed by atoms with Gasteiger partial charge in [0.05, 0.1) is 24.7 Å². The molecule has 7 nitrogen and oxygen atoms in total. The van der Waals surface area contributed by atoms with Gasteiger partial charge in [-0.2, -0.15) is 0 Å². The summed E-state index contributed by atoms with van der Waals surface area (Å²) in [7, 11) is -2.36. The van der Waals surface area contributed by atoms with E-state index in [1.165, 1.54) is 6.92 Å². The van der Waals surface area contributed by atoms with E-state index in [1.807, 2.05) is 0 Å². The molecule has 0 bridgehead atoms. The zero-order valence-electron chi connectivity index (χ0n) is 11.0. The third-order valence-corrected chi connectivity index (χ3v) is 4.47. The van der Waals surface area contributed by atoms with Crippen molar-refractivity contribution in [3.8, 4) is 0 Å². The normalized spacial score (nSPS) is 20.8. The molecule has 2 unspecified atom stereocenters. The van der Waals surface area contributed by atoms with Crippen molar-refractivity contribution >= 4 is 21.7 Å². The van der Waals surface area contributed by atoms with Crippen LogP contribution < -0.4 is 5.32 Å². The van der Waals surface area contributed by atoms with Crippen LogP contribution in [0.25, 0.3) is 0 Å². The van der Waals surface area contributed by atoms with Crippen molar-refractivity contribution in [3.05, 3.63) is 0 Å². The lowest BCUT2D eigenvalue weighted by Gasteiger charge is -2.17. The molecule has 2 atom stereocenters. The summed E-state index contributed by atoms with van der Waals surface area (Å²) in [5.41, 5.74) is 0. The van der Waals surface area contributed by atoms with Crippen LogP contribution in [0.4, 0.5) is 0 Å². The first kappa shape index (κ1) is 15.9. The minimum absolute atomic E-state index is 0.139. The van der Waals surface area contributed by atoms with Gasteiger partial charge in [-0.1, -0.05) is 0 Å². The predicted octanol–water partition coefficient (Wildman–Crippen LogP) is -0.742. The lowest BCUT2D eigenvalue weighted by molar-refractivity contribution is -0.144. The molecule has 0 spiro atoms. The lowest BCUT2D eigenvalue weighted by Crippen LogP contribution is -2.46. The summed E-state index contributed by atoms with van der Waals surface area (Å²) in [4.78, 5) is 22.4. The van der Waals surface area contributed by atoms with Crippen molar-refractivity contribution in [2.24, 2.45) is 0 Å². The molecule has 0 aromatic heterocycles. The van der Waals surface area contributed by atoms with Crippen LogP contribution in [0.1, 0.15) is 19.8 Å². The molecule has 19 heavy (non-hydrogen) atoms. The summed E-state index contributed by atoms with van der Waals surface area (Å²) in [6.07, 6.45) is 1.22. The van der Waals surface area contributed by atoms with E-state index >= 15 is 0 Å². The Morgan fingerprint density at radius 1 is 1.47 bits per heavy atom. The van der Waals surface area contributed by atoms with Crippen molar-refractivity contribution in [1.29, 1.82) is 0 Å². The molecular formula is C11H19NO6S. The highest BCUT2D eigenvalue weighted by atomic mass is 32.2. The van der Waals surface area contributed by atoms with Crippen LogP contribution >= 0.6 is 0 Å². The van der Waals surface area contributed by atoms with Gasteiger partial charge in [0, 0.05) is 13.5 Å². The second-order valence-corrected chi connectivity index (χ2v) is 6.64. The average Bonchev–Trinajstić information content (AvgIpc) is 2.77. The Hall–Kier alpha value is -1.15. The van der Waals surface area contributed by atoms with Gasteiger partial charge in [-0.05, 0) is 12.8 Å². The average molecular weight is 293 g/mol. The summed E-state index contributed by atoms with van der Waals surface area (Å²) >= 11 is 0. The van der Waals surface area contributed by atoms with Crippen molar-refractivity contribution in [1.82, 2.24) is 5.32 Å². The third-order valence-electron chi connectivity index (χ3n) is 2.75. The predicted molar refractivity (Wildman–Crippen MR) is 67.2 cm³/mol. The molecule has 0 aromatic carbocycles. The van der Waals surface area contributed by atoms with E-state index in [1.54, 1.807) is 0 Å². The summed E-state index contributed by atoms with van der Waals surface area (Å²) in [6.45, 7) is 1.77. The van der Waals surface area contributed by atoms with E-state index < -0.39 is 33.5 Å². The number of hydrogen-bond acceptors (Lipinski definition) is 6. The van der Waals surface area contributed by atoms with Gasteiger partial charge in [-0.15, -0.1) is 0 Å². The lowest BCUT2D eigenvalue weighted by atomic mass is 10.3. The molecule has 1 amide bonds. The Morgan fingerprint density at radius 3 is 2.63 bits per heavy atom. The molecule has 110 valence electrons. The first-order chi connectivity index (χ1) is 8.84. The number of amides is 1. The first-order valence-electron chi connectivity index (χ1n) is 6.01. The fourth-order valence-electron chi connectivity index (χ4n) is 1.94. The molecule has 1 rings (SSSR count). The molecule has 0 saturated carbocycles. The Balaban J connectivity index is 2.64. The highest BCUT2D eigenvalue weighted by Gasteiger charge is 2.30. The number of carbonyl (C=O) groups excluding carboxylic acids is 2. The largest absolute Gasteiger partial charge is 0.467 e. The van der Waals surface area contributed by atoms with Crippen LogP contribution in [-0.4, -0.2) is 57.7 Å². The van der Waals surface area contributed by atoms with Crippen LogP contribution in [0.15, 0.2) is 0 Å². The zero-order valence-corrected chi connectivity index (χ0v) is 11.9. The van der Waals surface area contributed by atoms with E-state index in [0.717, 1.165) is 13.5 Å². The summed E-state index contributed by atoms with van der Waals surface area (Å²) < 4.78 is 33.7. The van der Waals surface area contributed by atoms with Crippen LogP contribution in [0.5, 0.6) is 0 Å². The Bertz CT molecular complexity index is 426. The minimum atomic E-state index is -3.51. The van der Waals surface area contributed by atoms with E-state index in [2.05, 4.69) is 10.1 Å². The van der Waals surface area contributed by atoms with E-state index in [9.17, 15) is 18.0 Å². The van der Waals surface area contributed by atoms with Crippen molar-refractivity contribution in [3.63, 3.8) is 0 Å². The van der Waals surface area contributed by atoms with E-state index in [0.29, 0.717) is 13.0 Å². The summed E-state index contributed by atoms with van der Waals surface area (Å²) in [5, 5.41) is 2.28. The van der Waals surface area contributed by atoms with Crippen molar-refractivity contribution in [2.45, 2.75) is 31.9 Å². The number of hydrogen-bond donors (Lipinski definition) is 1. The van der Waals surface area contributed by atoms with Gasteiger partial charge in [0.1, 0.15) is 6.04 Å².